The molecule has 0 aromatic heterocycles. The second kappa shape index (κ2) is 54.2. The average molecular weight is 889 g/mol. The van der Waals surface area contributed by atoms with Crippen LogP contribution in [0.15, 0.2) is 97.2 Å². The zero-order chi connectivity index (χ0) is 46.3. The summed E-state index contributed by atoms with van der Waals surface area (Å²) in [5.74, 6) is -0.437. The fourth-order valence-electron chi connectivity index (χ4n) is 7.14. The molecule has 0 radical (unpaired) electrons. The molecule has 0 aliphatic carbocycles. The van der Waals surface area contributed by atoms with Crippen LogP contribution in [0.4, 0.5) is 0 Å². The lowest BCUT2D eigenvalue weighted by atomic mass is 10.1. The number of carbonyl (C=O) groups is 2. The van der Waals surface area contributed by atoms with Gasteiger partial charge in [-0.05, 0) is 96.3 Å². The third-order valence-corrected chi connectivity index (χ3v) is 11.1. The first-order valence-corrected chi connectivity index (χ1v) is 26.8. The van der Waals surface area contributed by atoms with Gasteiger partial charge in [-0.25, -0.2) is 0 Å². The molecule has 1 unspecified atom stereocenters. The first-order chi connectivity index (χ1) is 31.6. The van der Waals surface area contributed by atoms with E-state index in [1.807, 2.05) is 0 Å². The van der Waals surface area contributed by atoms with Crippen molar-refractivity contribution in [2.75, 3.05) is 19.8 Å². The molecule has 0 spiro atoms. The van der Waals surface area contributed by atoms with Crippen LogP contribution in [0.1, 0.15) is 239 Å². The van der Waals surface area contributed by atoms with Gasteiger partial charge in [-0.3, -0.25) is 9.59 Å². The standard InChI is InChI=1S/C59H100O5/c1-4-7-10-13-16-19-21-23-25-27-29-31-33-35-37-39-42-45-48-51-54-62-55-57(64-59(61)53-50-47-44-40-18-15-12-9-6-3)56-63-58(60)52-49-46-43-41-38-36-34-32-30-28-26-24-22-20-17-14-11-8-5-2/h7,10,16-17,19-20,23-26,29,31,35,37,42,45,57H,4-6,8-9,11-15,18,21-22,27-28,30,32-34,36,38-41,43-44,46-56H2,1-3H3/b10-7-,19-16-,20-17-,25-23-,26-24-,31-29-,37-35-,45-42-. The van der Waals surface area contributed by atoms with Crippen LogP contribution in [-0.2, 0) is 23.8 Å². The van der Waals surface area contributed by atoms with Crippen molar-refractivity contribution in [3.05, 3.63) is 97.2 Å². The summed E-state index contributed by atoms with van der Waals surface area (Å²) in [6.45, 7) is 7.53. The fourth-order valence-corrected chi connectivity index (χ4v) is 7.14. The van der Waals surface area contributed by atoms with Crippen molar-refractivity contribution in [2.24, 2.45) is 0 Å². The molecule has 0 aliphatic heterocycles. The van der Waals surface area contributed by atoms with Crippen LogP contribution >= 0.6 is 0 Å². The SMILES string of the molecule is CC/C=C\C/C=C\C/C=C\C/C=C\C/C=C\C/C=C\CCCOCC(COC(=O)CCCCCCCCCCC/C=C\C/C=C\CCCCC)OC(=O)CCCCCCCCCCC. The van der Waals surface area contributed by atoms with Crippen molar-refractivity contribution in [3.63, 3.8) is 0 Å². The monoisotopic (exact) mass is 889 g/mol. The van der Waals surface area contributed by atoms with Gasteiger partial charge in [-0.1, -0.05) is 227 Å². The Morgan fingerprint density at radius 3 is 1.16 bits per heavy atom. The largest absolute Gasteiger partial charge is 0.462 e. The molecular formula is C59H100O5. The molecule has 0 N–H and O–H groups in total. The molecule has 366 valence electrons. The Kier molecular flexibility index (Phi) is 51.5. The molecular weight excluding hydrogens is 789 g/mol. The Balaban J connectivity index is 4.28. The lowest BCUT2D eigenvalue weighted by Gasteiger charge is -2.18. The van der Waals surface area contributed by atoms with Crippen molar-refractivity contribution in [1.29, 1.82) is 0 Å². The molecule has 0 bridgehead atoms. The summed E-state index contributed by atoms with van der Waals surface area (Å²) < 4.78 is 17.3. The van der Waals surface area contributed by atoms with Crippen LogP contribution in [0.25, 0.3) is 0 Å². The molecule has 64 heavy (non-hydrogen) atoms. The fraction of sp³-hybridized carbons (Fsp3) is 0.695. The highest BCUT2D eigenvalue weighted by atomic mass is 16.6. The zero-order valence-corrected chi connectivity index (χ0v) is 42.0. The van der Waals surface area contributed by atoms with Gasteiger partial charge in [0.2, 0.25) is 0 Å². The van der Waals surface area contributed by atoms with E-state index < -0.39 is 6.10 Å². The summed E-state index contributed by atoms with van der Waals surface area (Å²) in [5.41, 5.74) is 0. The van der Waals surface area contributed by atoms with E-state index in [0.29, 0.717) is 19.4 Å². The van der Waals surface area contributed by atoms with Gasteiger partial charge in [0.05, 0.1) is 6.61 Å². The predicted octanol–water partition coefficient (Wildman–Crippen LogP) is 18.2. The van der Waals surface area contributed by atoms with Crippen LogP contribution in [-0.4, -0.2) is 37.9 Å². The maximum absolute atomic E-state index is 12.7. The molecule has 0 rings (SSSR count). The maximum atomic E-state index is 12.7. The van der Waals surface area contributed by atoms with Crippen LogP contribution in [0.5, 0.6) is 0 Å². The van der Waals surface area contributed by atoms with E-state index in [-0.39, 0.29) is 25.2 Å². The summed E-state index contributed by atoms with van der Waals surface area (Å²) in [4.78, 5) is 25.4. The molecule has 0 aliphatic rings. The van der Waals surface area contributed by atoms with Crippen molar-refractivity contribution in [3.8, 4) is 0 Å². The van der Waals surface area contributed by atoms with Crippen molar-refractivity contribution in [1.82, 2.24) is 0 Å². The highest BCUT2D eigenvalue weighted by Crippen LogP contribution is 2.14. The Morgan fingerprint density at radius 1 is 0.359 bits per heavy atom. The Hall–Kier alpha value is -3.18. The highest BCUT2D eigenvalue weighted by Gasteiger charge is 2.17. The third kappa shape index (κ3) is 51.5. The lowest BCUT2D eigenvalue weighted by Crippen LogP contribution is -2.30. The van der Waals surface area contributed by atoms with Crippen LogP contribution in [0, 0.1) is 0 Å². The van der Waals surface area contributed by atoms with E-state index in [0.717, 1.165) is 96.3 Å². The molecule has 0 aromatic rings. The summed E-state index contributed by atoms with van der Waals surface area (Å²) in [6, 6.07) is 0. The second-order valence-electron chi connectivity index (χ2n) is 17.4. The number of hydrogen-bond acceptors (Lipinski definition) is 5. The number of carbonyl (C=O) groups excluding carboxylic acids is 2. The number of esters is 2. The number of unbranched alkanes of at least 4 members (excludes halogenated alkanes) is 21. The van der Waals surface area contributed by atoms with Gasteiger partial charge in [-0.2, -0.15) is 0 Å². The van der Waals surface area contributed by atoms with E-state index in [9.17, 15) is 9.59 Å². The van der Waals surface area contributed by atoms with Gasteiger partial charge in [-0.15, -0.1) is 0 Å². The maximum Gasteiger partial charge on any atom is 0.306 e. The van der Waals surface area contributed by atoms with Crippen LogP contribution in [0.3, 0.4) is 0 Å². The minimum atomic E-state index is -0.570. The van der Waals surface area contributed by atoms with Gasteiger partial charge in [0.25, 0.3) is 0 Å². The molecule has 0 saturated heterocycles. The Bertz CT molecular complexity index is 1230. The molecule has 0 fully saturated rings. The topological polar surface area (TPSA) is 61.8 Å². The molecule has 5 heteroatoms. The average Bonchev–Trinajstić information content (AvgIpc) is 3.30. The normalized spacial score (nSPS) is 13.0. The van der Waals surface area contributed by atoms with E-state index in [1.165, 1.54) is 109 Å². The number of allylic oxidation sites excluding steroid dienone is 16. The molecule has 1 atom stereocenters. The van der Waals surface area contributed by atoms with Gasteiger partial charge >= 0.3 is 11.9 Å². The summed E-state index contributed by atoms with van der Waals surface area (Å²) >= 11 is 0. The number of hydrogen-bond donors (Lipinski definition) is 0. The van der Waals surface area contributed by atoms with E-state index in [2.05, 4.69) is 118 Å². The van der Waals surface area contributed by atoms with Gasteiger partial charge < -0.3 is 14.2 Å². The molecule has 0 heterocycles. The minimum Gasteiger partial charge on any atom is -0.462 e. The number of rotatable bonds is 48. The van der Waals surface area contributed by atoms with E-state index in [1.54, 1.807) is 0 Å². The predicted molar refractivity (Wildman–Crippen MR) is 279 cm³/mol. The van der Waals surface area contributed by atoms with Crippen molar-refractivity contribution < 1.29 is 23.8 Å². The van der Waals surface area contributed by atoms with Gasteiger partial charge in [0, 0.05) is 19.4 Å². The van der Waals surface area contributed by atoms with E-state index >= 15 is 0 Å². The summed E-state index contributed by atoms with van der Waals surface area (Å²) in [7, 11) is 0. The lowest BCUT2D eigenvalue weighted by molar-refractivity contribution is -0.163. The molecule has 5 nitrogen and oxygen atoms in total. The smallest absolute Gasteiger partial charge is 0.306 e. The van der Waals surface area contributed by atoms with Gasteiger partial charge in [0.1, 0.15) is 6.61 Å². The number of ether oxygens (including phenoxy) is 3. The van der Waals surface area contributed by atoms with Crippen molar-refractivity contribution >= 4 is 11.9 Å². The first kappa shape index (κ1) is 60.8. The van der Waals surface area contributed by atoms with E-state index in [4.69, 9.17) is 14.2 Å². The Labute approximate surface area is 396 Å². The van der Waals surface area contributed by atoms with Crippen LogP contribution in [0.2, 0.25) is 0 Å². The minimum absolute atomic E-state index is 0.0570. The van der Waals surface area contributed by atoms with Crippen LogP contribution < -0.4 is 0 Å². The molecule has 0 saturated carbocycles. The zero-order valence-electron chi connectivity index (χ0n) is 42.0. The third-order valence-electron chi connectivity index (χ3n) is 11.1. The summed E-state index contributed by atoms with van der Waals surface area (Å²) in [5, 5.41) is 0. The Morgan fingerprint density at radius 2 is 0.703 bits per heavy atom. The molecule has 0 amide bonds. The second-order valence-corrected chi connectivity index (χ2v) is 17.4. The quantitative estimate of drug-likeness (QED) is 0.0346. The van der Waals surface area contributed by atoms with Crippen molar-refractivity contribution in [2.45, 2.75) is 245 Å². The molecule has 0 aromatic carbocycles. The first-order valence-electron chi connectivity index (χ1n) is 26.8. The highest BCUT2D eigenvalue weighted by molar-refractivity contribution is 5.70. The summed E-state index contributed by atoms with van der Waals surface area (Å²) in [6.07, 6.45) is 72.9. The van der Waals surface area contributed by atoms with Gasteiger partial charge in [0.15, 0.2) is 6.10 Å².